The Balaban J connectivity index is 2.94. The Morgan fingerprint density at radius 1 is 1.50 bits per heavy atom. The molecular formula is C8H9BrFNO2S. The van der Waals surface area contributed by atoms with Gasteiger partial charge in [-0.3, -0.25) is 4.72 Å². The molecule has 1 rings (SSSR count). The summed E-state index contributed by atoms with van der Waals surface area (Å²) in [5.41, 5.74) is 0.347. The van der Waals surface area contributed by atoms with Crippen molar-refractivity contribution >= 4 is 31.6 Å². The van der Waals surface area contributed by atoms with Gasteiger partial charge in [-0.15, -0.1) is 0 Å². The van der Waals surface area contributed by atoms with Crippen molar-refractivity contribution in [3.63, 3.8) is 0 Å². The van der Waals surface area contributed by atoms with Gasteiger partial charge in [0.15, 0.2) is 0 Å². The zero-order valence-corrected chi connectivity index (χ0v) is 9.82. The van der Waals surface area contributed by atoms with E-state index in [0.29, 0.717) is 5.69 Å². The first-order valence-corrected chi connectivity index (χ1v) is 6.34. The van der Waals surface area contributed by atoms with Gasteiger partial charge in [0.05, 0.1) is 10.2 Å². The van der Waals surface area contributed by atoms with Crippen LogP contribution in [0.2, 0.25) is 0 Å². The molecule has 3 nitrogen and oxygen atoms in total. The van der Waals surface area contributed by atoms with E-state index in [4.69, 9.17) is 0 Å². The molecule has 1 aromatic carbocycles. The largest absolute Gasteiger partial charge is 0.284 e. The summed E-state index contributed by atoms with van der Waals surface area (Å²) in [6, 6.07) is 3.94. The Morgan fingerprint density at radius 2 is 2.14 bits per heavy atom. The van der Waals surface area contributed by atoms with Crippen LogP contribution in [0.4, 0.5) is 10.1 Å². The summed E-state index contributed by atoms with van der Waals surface area (Å²) in [5, 5.41) is 0. The van der Waals surface area contributed by atoms with Gasteiger partial charge in [-0.05, 0) is 41.1 Å². The van der Waals surface area contributed by atoms with E-state index in [0.717, 1.165) is 0 Å². The molecule has 0 atom stereocenters. The first-order chi connectivity index (χ1) is 6.44. The van der Waals surface area contributed by atoms with Gasteiger partial charge < -0.3 is 0 Å². The van der Waals surface area contributed by atoms with E-state index in [1.165, 1.54) is 25.1 Å². The fourth-order valence-electron chi connectivity index (χ4n) is 0.811. The van der Waals surface area contributed by atoms with Gasteiger partial charge in [-0.1, -0.05) is 0 Å². The highest BCUT2D eigenvalue weighted by atomic mass is 79.9. The predicted octanol–water partition coefficient (Wildman–Crippen LogP) is 2.35. The Hall–Kier alpha value is -0.620. The van der Waals surface area contributed by atoms with Crippen LogP contribution in [0.5, 0.6) is 0 Å². The van der Waals surface area contributed by atoms with Crippen LogP contribution in [0.25, 0.3) is 0 Å². The first kappa shape index (κ1) is 11.5. The highest BCUT2D eigenvalue weighted by molar-refractivity contribution is 9.10. The molecule has 0 amide bonds. The molecule has 78 valence electrons. The zero-order chi connectivity index (χ0) is 10.8. The fraction of sp³-hybridized carbons (Fsp3) is 0.250. The normalized spacial score (nSPS) is 11.4. The molecule has 1 aromatic rings. The highest BCUT2D eigenvalue weighted by Gasteiger charge is 2.07. The number of benzene rings is 1. The molecule has 0 unspecified atom stereocenters. The topological polar surface area (TPSA) is 46.2 Å². The Morgan fingerprint density at radius 3 is 2.64 bits per heavy atom. The van der Waals surface area contributed by atoms with E-state index in [-0.39, 0.29) is 10.2 Å². The minimum atomic E-state index is -3.30. The molecule has 0 saturated carbocycles. The van der Waals surface area contributed by atoms with Crippen LogP contribution in [-0.4, -0.2) is 14.2 Å². The lowest BCUT2D eigenvalue weighted by Gasteiger charge is -2.06. The minimum absolute atomic E-state index is 0.0119. The van der Waals surface area contributed by atoms with Gasteiger partial charge in [0.25, 0.3) is 0 Å². The second-order valence-corrected chi connectivity index (χ2v) is 5.50. The third-order valence-corrected chi connectivity index (χ3v) is 3.49. The van der Waals surface area contributed by atoms with Gasteiger partial charge in [-0.2, -0.15) is 0 Å². The van der Waals surface area contributed by atoms with Crippen molar-refractivity contribution in [2.75, 3.05) is 10.5 Å². The third kappa shape index (κ3) is 2.95. The predicted molar refractivity (Wildman–Crippen MR) is 57.2 cm³/mol. The van der Waals surface area contributed by atoms with Crippen molar-refractivity contribution in [1.29, 1.82) is 0 Å². The molecule has 1 N–H and O–H groups in total. The van der Waals surface area contributed by atoms with E-state index in [9.17, 15) is 12.8 Å². The van der Waals surface area contributed by atoms with Crippen LogP contribution < -0.4 is 4.72 Å². The Kier molecular flexibility index (Phi) is 3.49. The lowest BCUT2D eigenvalue weighted by Crippen LogP contribution is -2.14. The van der Waals surface area contributed by atoms with Crippen LogP contribution in [0, 0.1) is 5.82 Å². The highest BCUT2D eigenvalue weighted by Crippen LogP contribution is 2.20. The molecular weight excluding hydrogens is 273 g/mol. The van der Waals surface area contributed by atoms with Crippen molar-refractivity contribution in [3.05, 3.63) is 28.5 Å². The number of hydrogen-bond acceptors (Lipinski definition) is 2. The van der Waals surface area contributed by atoms with Gasteiger partial charge in [0.1, 0.15) is 5.82 Å². The summed E-state index contributed by atoms with van der Waals surface area (Å²) in [6.45, 7) is 1.53. The number of anilines is 1. The monoisotopic (exact) mass is 281 g/mol. The van der Waals surface area contributed by atoms with Crippen LogP contribution in [0.15, 0.2) is 22.7 Å². The minimum Gasteiger partial charge on any atom is -0.284 e. The van der Waals surface area contributed by atoms with Crippen molar-refractivity contribution in [2.24, 2.45) is 0 Å². The summed E-state index contributed by atoms with van der Waals surface area (Å²) in [5.74, 6) is -0.438. The molecule has 0 aromatic heterocycles. The molecule has 0 heterocycles. The zero-order valence-electron chi connectivity index (χ0n) is 7.42. The second-order valence-electron chi connectivity index (χ2n) is 2.63. The summed E-state index contributed by atoms with van der Waals surface area (Å²) in [4.78, 5) is 0. The lowest BCUT2D eigenvalue weighted by molar-refractivity contribution is 0.602. The third-order valence-electron chi connectivity index (χ3n) is 1.57. The van der Waals surface area contributed by atoms with E-state index in [2.05, 4.69) is 20.7 Å². The SMILES string of the molecule is CCS(=O)(=O)Nc1ccc(F)c(Br)c1. The average Bonchev–Trinajstić information content (AvgIpc) is 2.11. The maximum Gasteiger partial charge on any atom is 0.232 e. The molecule has 6 heteroatoms. The van der Waals surface area contributed by atoms with E-state index < -0.39 is 15.8 Å². The van der Waals surface area contributed by atoms with E-state index >= 15 is 0 Å². The standard InChI is InChI=1S/C8H9BrFNO2S/c1-2-14(12,13)11-6-3-4-8(10)7(9)5-6/h3-5,11H,2H2,1H3. The average molecular weight is 282 g/mol. The van der Waals surface area contributed by atoms with Crippen LogP contribution in [0.3, 0.4) is 0 Å². The quantitative estimate of drug-likeness (QED) is 0.925. The first-order valence-electron chi connectivity index (χ1n) is 3.90. The Labute approximate surface area is 90.5 Å². The summed E-state index contributed by atoms with van der Waals surface area (Å²) in [7, 11) is -3.30. The van der Waals surface area contributed by atoms with Gasteiger partial charge in [0.2, 0.25) is 10.0 Å². The maximum absolute atomic E-state index is 12.8. The number of sulfonamides is 1. The molecule has 0 aliphatic rings. The molecule has 0 spiro atoms. The van der Waals surface area contributed by atoms with Crippen molar-refractivity contribution in [1.82, 2.24) is 0 Å². The summed E-state index contributed by atoms with van der Waals surface area (Å²) < 4.78 is 37.6. The van der Waals surface area contributed by atoms with Crippen molar-refractivity contribution < 1.29 is 12.8 Å². The van der Waals surface area contributed by atoms with Crippen molar-refractivity contribution in [3.8, 4) is 0 Å². The molecule has 14 heavy (non-hydrogen) atoms. The van der Waals surface area contributed by atoms with Gasteiger partial charge >= 0.3 is 0 Å². The van der Waals surface area contributed by atoms with Crippen LogP contribution in [-0.2, 0) is 10.0 Å². The molecule has 0 aliphatic heterocycles. The summed E-state index contributed by atoms with van der Waals surface area (Å²) >= 11 is 2.97. The van der Waals surface area contributed by atoms with Gasteiger partial charge in [0, 0.05) is 5.69 Å². The molecule has 0 fully saturated rings. The molecule has 0 bridgehead atoms. The van der Waals surface area contributed by atoms with Gasteiger partial charge in [-0.25, -0.2) is 12.8 Å². The summed E-state index contributed by atoms with van der Waals surface area (Å²) in [6.07, 6.45) is 0. The maximum atomic E-state index is 12.8. The lowest BCUT2D eigenvalue weighted by atomic mass is 10.3. The van der Waals surface area contributed by atoms with Crippen molar-refractivity contribution in [2.45, 2.75) is 6.92 Å². The van der Waals surface area contributed by atoms with E-state index in [1.807, 2.05) is 0 Å². The van der Waals surface area contributed by atoms with E-state index in [1.54, 1.807) is 0 Å². The van der Waals surface area contributed by atoms with Crippen LogP contribution >= 0.6 is 15.9 Å². The number of halogens is 2. The number of hydrogen-bond donors (Lipinski definition) is 1. The second kappa shape index (κ2) is 4.27. The number of rotatable bonds is 3. The van der Waals surface area contributed by atoms with Crippen LogP contribution in [0.1, 0.15) is 6.92 Å². The fourth-order valence-corrected chi connectivity index (χ4v) is 1.82. The molecule has 0 radical (unpaired) electrons. The Bertz CT molecular complexity index is 433. The molecule has 0 aliphatic carbocycles. The smallest absolute Gasteiger partial charge is 0.232 e. The number of nitrogens with one attached hydrogen (secondary N) is 1. The molecule has 0 saturated heterocycles.